The number of carbonyl (C=O) groups excluding carboxylic acids is 4. The van der Waals surface area contributed by atoms with Crippen LogP contribution in [0.3, 0.4) is 0 Å². The smallest absolute Gasteiger partial charge is 0.372 e. The number of esters is 1. The maximum atomic E-state index is 14.3. The molecule has 0 aliphatic rings. The summed E-state index contributed by atoms with van der Waals surface area (Å²) in [6.07, 6.45) is 0. The Morgan fingerprint density at radius 3 is 2.26 bits per heavy atom. The van der Waals surface area contributed by atoms with E-state index in [1.807, 2.05) is 0 Å². The number of amides is 1. The number of halogens is 2. The summed E-state index contributed by atoms with van der Waals surface area (Å²) in [4.78, 5) is 48.1. The molecule has 0 fully saturated rings. The molecule has 1 atom stereocenters. The van der Waals surface area contributed by atoms with Gasteiger partial charge < -0.3 is 14.8 Å². The van der Waals surface area contributed by atoms with Crippen molar-refractivity contribution in [2.24, 2.45) is 0 Å². The monoisotopic (exact) mass is 493 g/mol. The van der Waals surface area contributed by atoms with E-state index in [1.54, 1.807) is 20.8 Å². The average Bonchev–Trinajstić information content (AvgIpc) is 2.70. The van der Waals surface area contributed by atoms with Gasteiger partial charge in [0.2, 0.25) is 5.91 Å². The van der Waals surface area contributed by atoms with E-state index in [-0.39, 0.29) is 34.0 Å². The summed E-state index contributed by atoms with van der Waals surface area (Å²) in [7, 11) is 0. The van der Waals surface area contributed by atoms with Gasteiger partial charge in [-0.05, 0) is 69.3 Å². The van der Waals surface area contributed by atoms with E-state index in [4.69, 9.17) is 9.47 Å². The molecule has 0 unspecified atom stereocenters. The van der Waals surface area contributed by atoms with E-state index in [0.29, 0.717) is 17.8 Å². The van der Waals surface area contributed by atoms with Crippen LogP contribution in [0.4, 0.5) is 13.6 Å². The zero-order valence-corrected chi connectivity index (χ0v) is 20.2. The molecule has 182 valence electrons. The number of ether oxygens (including phenoxy) is 2. The molecule has 7 nitrogen and oxygen atoms in total. The molecule has 2 aromatic carbocycles. The first-order valence-electron chi connectivity index (χ1n) is 10.2. The predicted molar refractivity (Wildman–Crippen MR) is 124 cm³/mol. The number of Topliss-reactive ketones (excluding diaryl/α,β-unsaturated/α-hetero) is 1. The molecule has 0 bridgehead atoms. The number of hydrogen-bond acceptors (Lipinski definition) is 7. The SMILES string of the molecule is CC(=O)N[C@H](CSC(=O)Oc1ccc(-c2ccc(F)cc2F)cc1C(=O)OC(C)(C)C)C(C)=O. The Hall–Kier alpha value is -3.27. The first-order valence-corrected chi connectivity index (χ1v) is 11.2. The van der Waals surface area contributed by atoms with Crippen molar-refractivity contribution < 1.29 is 37.4 Å². The second-order valence-electron chi connectivity index (χ2n) is 8.36. The minimum absolute atomic E-state index is 0.0399. The molecule has 0 aromatic heterocycles. The lowest BCUT2D eigenvalue weighted by molar-refractivity contribution is -0.125. The Labute approximate surface area is 200 Å². The van der Waals surface area contributed by atoms with Crippen LogP contribution in [0, 0.1) is 11.6 Å². The average molecular weight is 494 g/mol. The molecule has 34 heavy (non-hydrogen) atoms. The van der Waals surface area contributed by atoms with Crippen LogP contribution in [0.1, 0.15) is 45.0 Å². The van der Waals surface area contributed by atoms with Crippen molar-refractivity contribution in [3.8, 4) is 16.9 Å². The van der Waals surface area contributed by atoms with E-state index < -0.39 is 40.5 Å². The molecular formula is C24H25F2NO6S. The quantitative estimate of drug-likeness (QED) is 0.547. The number of carbonyl (C=O) groups is 4. The minimum Gasteiger partial charge on any atom is -0.456 e. The summed E-state index contributed by atoms with van der Waals surface area (Å²) in [6, 6.07) is 6.13. The molecule has 10 heteroatoms. The van der Waals surface area contributed by atoms with E-state index in [2.05, 4.69) is 5.32 Å². The molecule has 1 amide bonds. The number of hydrogen-bond donors (Lipinski definition) is 1. The lowest BCUT2D eigenvalue weighted by Crippen LogP contribution is -2.40. The summed E-state index contributed by atoms with van der Waals surface area (Å²) in [5.41, 5.74) is -0.724. The van der Waals surface area contributed by atoms with Gasteiger partial charge in [0.15, 0.2) is 5.78 Å². The van der Waals surface area contributed by atoms with Gasteiger partial charge >= 0.3 is 11.3 Å². The van der Waals surface area contributed by atoms with Gasteiger partial charge in [0, 0.05) is 24.3 Å². The van der Waals surface area contributed by atoms with Crippen molar-refractivity contribution in [1.82, 2.24) is 5.32 Å². The Morgan fingerprint density at radius 1 is 1.03 bits per heavy atom. The third kappa shape index (κ3) is 7.95. The van der Waals surface area contributed by atoms with E-state index in [9.17, 15) is 28.0 Å². The molecule has 0 spiro atoms. The Morgan fingerprint density at radius 2 is 1.71 bits per heavy atom. The topological polar surface area (TPSA) is 98.8 Å². The van der Waals surface area contributed by atoms with Gasteiger partial charge in [-0.1, -0.05) is 6.07 Å². The van der Waals surface area contributed by atoms with Gasteiger partial charge in [-0.15, -0.1) is 0 Å². The Bertz CT molecular complexity index is 1110. The van der Waals surface area contributed by atoms with E-state index in [1.165, 1.54) is 38.1 Å². The summed E-state index contributed by atoms with van der Waals surface area (Å²) in [5, 5.41) is 1.60. The highest BCUT2D eigenvalue weighted by atomic mass is 32.2. The normalized spacial score (nSPS) is 12.0. The van der Waals surface area contributed by atoms with Crippen LogP contribution >= 0.6 is 11.8 Å². The maximum absolute atomic E-state index is 14.3. The fourth-order valence-corrected chi connectivity index (χ4v) is 3.55. The summed E-state index contributed by atoms with van der Waals surface area (Å²) in [5.74, 6) is -3.38. The van der Waals surface area contributed by atoms with Crippen LogP contribution in [0.25, 0.3) is 11.1 Å². The van der Waals surface area contributed by atoms with Gasteiger partial charge in [-0.3, -0.25) is 9.59 Å². The minimum atomic E-state index is -0.885. The maximum Gasteiger partial charge on any atom is 0.372 e. The fourth-order valence-electron chi connectivity index (χ4n) is 2.78. The molecule has 0 saturated heterocycles. The first-order chi connectivity index (χ1) is 15.8. The van der Waals surface area contributed by atoms with Crippen LogP contribution in [0.5, 0.6) is 5.75 Å². The lowest BCUT2D eigenvalue weighted by Gasteiger charge is -2.21. The zero-order chi connectivity index (χ0) is 25.6. The third-order valence-corrected chi connectivity index (χ3v) is 5.09. The summed E-state index contributed by atoms with van der Waals surface area (Å²) < 4.78 is 38.3. The van der Waals surface area contributed by atoms with Gasteiger partial charge in [-0.25, -0.2) is 18.4 Å². The number of thioether (sulfide) groups is 1. The van der Waals surface area contributed by atoms with Crippen molar-refractivity contribution in [3.63, 3.8) is 0 Å². The number of benzene rings is 2. The summed E-state index contributed by atoms with van der Waals surface area (Å²) >= 11 is 0.637. The second kappa shape index (κ2) is 11.2. The van der Waals surface area contributed by atoms with E-state index >= 15 is 0 Å². The van der Waals surface area contributed by atoms with Crippen molar-refractivity contribution in [1.29, 1.82) is 0 Å². The highest BCUT2D eigenvalue weighted by Gasteiger charge is 2.25. The number of nitrogens with one attached hydrogen (secondary N) is 1. The van der Waals surface area contributed by atoms with Crippen molar-refractivity contribution in [2.45, 2.75) is 46.3 Å². The van der Waals surface area contributed by atoms with Crippen LogP contribution < -0.4 is 10.1 Å². The molecule has 0 saturated carbocycles. The highest BCUT2D eigenvalue weighted by molar-refractivity contribution is 8.13. The fraction of sp³-hybridized carbons (Fsp3) is 0.333. The van der Waals surface area contributed by atoms with Crippen LogP contribution in [0.15, 0.2) is 36.4 Å². The molecule has 0 aliphatic carbocycles. The van der Waals surface area contributed by atoms with Crippen LogP contribution in [0.2, 0.25) is 0 Å². The largest absolute Gasteiger partial charge is 0.456 e. The van der Waals surface area contributed by atoms with Crippen molar-refractivity contribution >= 4 is 34.7 Å². The molecule has 0 radical (unpaired) electrons. The molecule has 2 aromatic rings. The van der Waals surface area contributed by atoms with E-state index in [0.717, 1.165) is 6.07 Å². The highest BCUT2D eigenvalue weighted by Crippen LogP contribution is 2.31. The lowest BCUT2D eigenvalue weighted by atomic mass is 10.0. The molecular weight excluding hydrogens is 468 g/mol. The van der Waals surface area contributed by atoms with Gasteiger partial charge in [0.1, 0.15) is 28.5 Å². The van der Waals surface area contributed by atoms with Crippen molar-refractivity contribution in [3.05, 3.63) is 53.6 Å². The molecule has 1 N–H and O–H groups in total. The van der Waals surface area contributed by atoms with Crippen molar-refractivity contribution in [2.75, 3.05) is 5.75 Å². The molecule has 0 heterocycles. The Kier molecular flexibility index (Phi) is 8.92. The van der Waals surface area contributed by atoms with Gasteiger partial charge in [0.25, 0.3) is 0 Å². The third-order valence-electron chi connectivity index (χ3n) is 4.27. The Balaban J connectivity index is 2.33. The van der Waals surface area contributed by atoms with Crippen LogP contribution in [-0.2, 0) is 14.3 Å². The number of rotatable bonds is 7. The zero-order valence-electron chi connectivity index (χ0n) is 19.4. The van der Waals surface area contributed by atoms with Crippen LogP contribution in [-0.4, -0.2) is 40.4 Å². The standard InChI is InChI=1S/C24H25F2NO6S/c1-13(28)20(27-14(2)29)12-34-23(31)32-21-9-6-15(17-8-7-16(25)11-19(17)26)10-18(21)22(30)33-24(3,4)5/h6-11,20H,12H2,1-5H3,(H,27,29)/t20-/m1/s1. The molecule has 0 aliphatic heterocycles. The number of ketones is 1. The first kappa shape index (κ1) is 27.0. The molecule has 2 rings (SSSR count). The summed E-state index contributed by atoms with van der Waals surface area (Å²) in [6.45, 7) is 7.48. The predicted octanol–water partition coefficient (Wildman–Crippen LogP) is 4.91. The van der Waals surface area contributed by atoms with Gasteiger partial charge in [0.05, 0.1) is 6.04 Å². The van der Waals surface area contributed by atoms with Gasteiger partial charge in [-0.2, -0.15) is 0 Å². The second-order valence-corrected chi connectivity index (χ2v) is 9.32.